The molecule has 4 nitrogen and oxygen atoms in total. The second kappa shape index (κ2) is 6.61. The summed E-state index contributed by atoms with van der Waals surface area (Å²) >= 11 is 1.44. The fourth-order valence-electron chi connectivity index (χ4n) is 1.89. The standard InChI is InChI=1S/C15H18N2O2S/c1-4-16-15-17(5-2)14(18)13(20-15)10-11-6-8-12(19-3)9-7-11/h6-10H,4-5H2,1-3H3/b13-10-,16-15?. The Bertz CT molecular complexity index is 549. The van der Waals surface area contributed by atoms with Crippen LogP contribution in [0.5, 0.6) is 5.75 Å². The lowest BCUT2D eigenvalue weighted by Crippen LogP contribution is -2.28. The molecule has 0 spiro atoms. The van der Waals surface area contributed by atoms with Crippen molar-refractivity contribution in [2.24, 2.45) is 4.99 Å². The van der Waals surface area contributed by atoms with E-state index < -0.39 is 0 Å². The summed E-state index contributed by atoms with van der Waals surface area (Å²) in [7, 11) is 1.64. The summed E-state index contributed by atoms with van der Waals surface area (Å²) < 4.78 is 5.12. The minimum atomic E-state index is 0.0283. The Morgan fingerprint density at radius 1 is 1.30 bits per heavy atom. The summed E-state index contributed by atoms with van der Waals surface area (Å²) in [6, 6.07) is 7.64. The van der Waals surface area contributed by atoms with Gasteiger partial charge in [0.25, 0.3) is 5.91 Å². The van der Waals surface area contributed by atoms with E-state index in [2.05, 4.69) is 4.99 Å². The first-order valence-corrected chi connectivity index (χ1v) is 7.41. The summed E-state index contributed by atoms with van der Waals surface area (Å²) in [6.07, 6.45) is 1.90. The molecule has 106 valence electrons. The lowest BCUT2D eigenvalue weighted by Gasteiger charge is -2.11. The Balaban J connectivity index is 2.25. The average Bonchev–Trinajstić information content (AvgIpc) is 2.76. The molecule has 0 N–H and O–H groups in total. The highest BCUT2D eigenvalue weighted by Gasteiger charge is 2.31. The zero-order valence-corrected chi connectivity index (χ0v) is 12.7. The van der Waals surface area contributed by atoms with Gasteiger partial charge in [0, 0.05) is 13.1 Å². The number of methoxy groups -OCH3 is 1. The number of aliphatic imine (C=N–C) groups is 1. The van der Waals surface area contributed by atoms with Crippen LogP contribution in [-0.4, -0.2) is 36.2 Å². The highest BCUT2D eigenvalue weighted by atomic mass is 32.2. The summed E-state index contributed by atoms with van der Waals surface area (Å²) in [5.41, 5.74) is 0.982. The van der Waals surface area contributed by atoms with E-state index in [0.29, 0.717) is 18.0 Å². The van der Waals surface area contributed by atoms with Gasteiger partial charge in [-0.2, -0.15) is 0 Å². The van der Waals surface area contributed by atoms with Gasteiger partial charge < -0.3 is 4.74 Å². The molecule has 1 fully saturated rings. The van der Waals surface area contributed by atoms with Crippen LogP contribution < -0.4 is 4.74 Å². The summed E-state index contributed by atoms with van der Waals surface area (Å²) in [5, 5.41) is 0.791. The van der Waals surface area contributed by atoms with Crippen molar-refractivity contribution in [2.75, 3.05) is 20.2 Å². The highest BCUT2D eigenvalue weighted by Crippen LogP contribution is 2.32. The molecule has 1 aliphatic rings. The predicted octanol–water partition coefficient (Wildman–Crippen LogP) is 3.01. The highest BCUT2D eigenvalue weighted by molar-refractivity contribution is 8.18. The van der Waals surface area contributed by atoms with Gasteiger partial charge in [-0.1, -0.05) is 12.1 Å². The van der Waals surface area contributed by atoms with E-state index in [9.17, 15) is 4.79 Å². The molecule has 0 saturated carbocycles. The molecule has 0 radical (unpaired) electrons. The Labute approximate surface area is 123 Å². The molecule has 0 unspecified atom stereocenters. The summed E-state index contributed by atoms with van der Waals surface area (Å²) in [5.74, 6) is 0.835. The first kappa shape index (κ1) is 14.7. The van der Waals surface area contributed by atoms with Gasteiger partial charge in [-0.15, -0.1) is 0 Å². The molecule has 5 heteroatoms. The number of benzene rings is 1. The normalized spacial score (nSPS) is 19.1. The zero-order chi connectivity index (χ0) is 14.5. The van der Waals surface area contributed by atoms with E-state index in [1.807, 2.05) is 44.2 Å². The smallest absolute Gasteiger partial charge is 0.266 e. The number of amides is 1. The number of hydrogen-bond donors (Lipinski definition) is 0. The molecule has 0 bridgehead atoms. The Hall–Kier alpha value is -1.75. The van der Waals surface area contributed by atoms with Gasteiger partial charge in [0.05, 0.1) is 12.0 Å². The van der Waals surface area contributed by atoms with E-state index in [-0.39, 0.29) is 5.91 Å². The molecule has 0 aromatic heterocycles. The molecule has 1 amide bonds. The number of amidine groups is 1. The quantitative estimate of drug-likeness (QED) is 0.801. The molecule has 0 aliphatic carbocycles. The number of nitrogens with zero attached hydrogens (tertiary/aromatic N) is 2. The largest absolute Gasteiger partial charge is 0.497 e. The number of likely N-dealkylation sites (N-methyl/N-ethyl adjacent to an activating group) is 1. The van der Waals surface area contributed by atoms with Crippen molar-refractivity contribution >= 4 is 28.9 Å². The van der Waals surface area contributed by atoms with Gasteiger partial charge in [0.2, 0.25) is 0 Å². The maximum atomic E-state index is 12.3. The average molecular weight is 290 g/mol. The molecule has 0 atom stereocenters. The van der Waals surface area contributed by atoms with Crippen LogP contribution in [0.4, 0.5) is 0 Å². The lowest BCUT2D eigenvalue weighted by molar-refractivity contribution is -0.122. The molecule has 1 aromatic carbocycles. The third-order valence-corrected chi connectivity index (χ3v) is 3.96. The number of hydrogen-bond acceptors (Lipinski definition) is 4. The first-order valence-electron chi connectivity index (χ1n) is 6.59. The van der Waals surface area contributed by atoms with Crippen molar-refractivity contribution in [1.29, 1.82) is 0 Å². The summed E-state index contributed by atoms with van der Waals surface area (Å²) in [4.78, 5) is 19.1. The van der Waals surface area contributed by atoms with Gasteiger partial charge in [-0.05, 0) is 49.4 Å². The molecule has 1 heterocycles. The van der Waals surface area contributed by atoms with Gasteiger partial charge in [0.1, 0.15) is 5.75 Å². The lowest BCUT2D eigenvalue weighted by atomic mass is 10.2. The first-order chi connectivity index (χ1) is 9.69. The number of thioether (sulfide) groups is 1. The Morgan fingerprint density at radius 2 is 2.00 bits per heavy atom. The van der Waals surface area contributed by atoms with Crippen LogP contribution in [0, 0.1) is 0 Å². The van der Waals surface area contributed by atoms with E-state index in [1.165, 1.54) is 11.8 Å². The van der Waals surface area contributed by atoms with Crippen LogP contribution in [0.25, 0.3) is 6.08 Å². The second-order valence-corrected chi connectivity index (χ2v) is 5.20. The van der Waals surface area contributed by atoms with Crippen molar-refractivity contribution < 1.29 is 9.53 Å². The zero-order valence-electron chi connectivity index (χ0n) is 11.9. The van der Waals surface area contributed by atoms with Crippen molar-refractivity contribution in [3.63, 3.8) is 0 Å². The maximum absolute atomic E-state index is 12.3. The number of carbonyl (C=O) groups excluding carboxylic acids is 1. The molecular weight excluding hydrogens is 272 g/mol. The Morgan fingerprint density at radius 3 is 2.55 bits per heavy atom. The van der Waals surface area contributed by atoms with E-state index in [4.69, 9.17) is 4.74 Å². The van der Waals surface area contributed by atoms with Crippen LogP contribution in [0.15, 0.2) is 34.2 Å². The number of carbonyl (C=O) groups is 1. The van der Waals surface area contributed by atoms with Crippen molar-refractivity contribution in [3.8, 4) is 5.75 Å². The third-order valence-electron chi connectivity index (χ3n) is 2.91. The van der Waals surface area contributed by atoms with Crippen LogP contribution in [-0.2, 0) is 4.79 Å². The summed E-state index contributed by atoms with van der Waals surface area (Å²) in [6.45, 7) is 5.25. The van der Waals surface area contributed by atoms with Gasteiger partial charge in [0.15, 0.2) is 5.17 Å². The predicted molar refractivity (Wildman–Crippen MR) is 83.9 cm³/mol. The van der Waals surface area contributed by atoms with Crippen LogP contribution in [0.3, 0.4) is 0 Å². The topological polar surface area (TPSA) is 41.9 Å². The minimum absolute atomic E-state index is 0.0283. The molecule has 1 aromatic rings. The fraction of sp³-hybridized carbons (Fsp3) is 0.333. The van der Waals surface area contributed by atoms with Gasteiger partial charge >= 0.3 is 0 Å². The van der Waals surface area contributed by atoms with E-state index in [0.717, 1.165) is 16.5 Å². The minimum Gasteiger partial charge on any atom is -0.497 e. The molecular formula is C15H18N2O2S. The van der Waals surface area contributed by atoms with Gasteiger partial charge in [-0.3, -0.25) is 14.7 Å². The number of ether oxygens (including phenoxy) is 1. The molecule has 20 heavy (non-hydrogen) atoms. The Kier molecular flexibility index (Phi) is 4.84. The van der Waals surface area contributed by atoms with E-state index >= 15 is 0 Å². The van der Waals surface area contributed by atoms with Crippen molar-refractivity contribution in [3.05, 3.63) is 34.7 Å². The molecule has 1 aliphatic heterocycles. The van der Waals surface area contributed by atoms with Gasteiger partial charge in [-0.25, -0.2) is 0 Å². The SMILES string of the molecule is CCN=C1S/C(=C\c2ccc(OC)cc2)C(=O)N1CC. The fourth-order valence-corrected chi connectivity index (χ4v) is 3.00. The van der Waals surface area contributed by atoms with Crippen LogP contribution in [0.2, 0.25) is 0 Å². The van der Waals surface area contributed by atoms with Crippen molar-refractivity contribution in [1.82, 2.24) is 4.90 Å². The monoisotopic (exact) mass is 290 g/mol. The molecule has 2 rings (SSSR count). The van der Waals surface area contributed by atoms with Crippen LogP contribution in [0.1, 0.15) is 19.4 Å². The second-order valence-electron chi connectivity index (χ2n) is 4.19. The van der Waals surface area contributed by atoms with Crippen LogP contribution >= 0.6 is 11.8 Å². The third kappa shape index (κ3) is 3.04. The number of rotatable bonds is 4. The maximum Gasteiger partial charge on any atom is 0.266 e. The molecule has 1 saturated heterocycles. The van der Waals surface area contributed by atoms with E-state index in [1.54, 1.807) is 12.0 Å². The van der Waals surface area contributed by atoms with Crippen molar-refractivity contribution in [2.45, 2.75) is 13.8 Å².